The van der Waals surface area contributed by atoms with E-state index in [1.54, 1.807) is 19.3 Å². The third kappa shape index (κ3) is 2.28. The minimum absolute atomic E-state index is 0.111. The summed E-state index contributed by atoms with van der Waals surface area (Å²) in [6, 6.07) is 0. The van der Waals surface area contributed by atoms with Crippen LogP contribution in [0.25, 0.3) is 0 Å². The van der Waals surface area contributed by atoms with Crippen LogP contribution in [0, 0.1) is 13.8 Å². The number of nitrogens with one attached hydrogen (secondary N) is 1. The SMILES string of the molecule is Cc1nn(C)c(C)c1NC(=O)C(F)(F)F. The molecule has 0 aliphatic carbocycles. The fraction of sp³-hybridized carbons (Fsp3) is 0.500. The maximum absolute atomic E-state index is 12.0. The Labute approximate surface area is 84.1 Å². The Morgan fingerprint density at radius 1 is 1.40 bits per heavy atom. The van der Waals surface area contributed by atoms with Crippen LogP contribution in [0.2, 0.25) is 0 Å². The molecule has 1 N–H and O–H groups in total. The number of carbonyl (C=O) groups is 1. The zero-order valence-corrected chi connectivity index (χ0v) is 8.44. The molecule has 7 heteroatoms. The van der Waals surface area contributed by atoms with Crippen molar-refractivity contribution in [2.45, 2.75) is 20.0 Å². The van der Waals surface area contributed by atoms with E-state index in [-0.39, 0.29) is 5.69 Å². The molecule has 84 valence electrons. The second kappa shape index (κ2) is 3.56. The molecule has 1 rings (SSSR count). The van der Waals surface area contributed by atoms with E-state index >= 15 is 0 Å². The molecule has 1 amide bonds. The number of aryl methyl sites for hydroxylation is 2. The number of hydrogen-bond acceptors (Lipinski definition) is 2. The number of amides is 1. The summed E-state index contributed by atoms with van der Waals surface area (Å²) in [6.45, 7) is 3.10. The van der Waals surface area contributed by atoms with Gasteiger partial charge in [0.15, 0.2) is 0 Å². The zero-order valence-electron chi connectivity index (χ0n) is 8.44. The Morgan fingerprint density at radius 2 is 1.93 bits per heavy atom. The first kappa shape index (κ1) is 11.5. The third-order valence-electron chi connectivity index (χ3n) is 2.01. The fourth-order valence-electron chi connectivity index (χ4n) is 1.14. The zero-order chi connectivity index (χ0) is 11.8. The van der Waals surface area contributed by atoms with Crippen LogP contribution in [-0.4, -0.2) is 21.9 Å². The van der Waals surface area contributed by atoms with Crippen molar-refractivity contribution in [2.24, 2.45) is 7.05 Å². The van der Waals surface area contributed by atoms with Crippen molar-refractivity contribution in [1.29, 1.82) is 0 Å². The van der Waals surface area contributed by atoms with Gasteiger partial charge >= 0.3 is 12.1 Å². The van der Waals surface area contributed by atoms with Crippen LogP contribution in [0.15, 0.2) is 0 Å². The molecule has 1 aromatic heterocycles. The van der Waals surface area contributed by atoms with Crippen molar-refractivity contribution in [3.63, 3.8) is 0 Å². The van der Waals surface area contributed by atoms with Gasteiger partial charge in [0.25, 0.3) is 0 Å². The van der Waals surface area contributed by atoms with E-state index in [1.807, 2.05) is 0 Å². The second-order valence-electron chi connectivity index (χ2n) is 3.12. The minimum Gasteiger partial charge on any atom is -0.315 e. The molecule has 0 radical (unpaired) electrons. The first-order valence-corrected chi connectivity index (χ1v) is 4.12. The molecule has 0 aliphatic heterocycles. The minimum atomic E-state index is -4.88. The number of anilines is 1. The molecule has 0 aromatic carbocycles. The first-order valence-electron chi connectivity index (χ1n) is 4.12. The molecule has 0 unspecified atom stereocenters. The lowest BCUT2D eigenvalue weighted by atomic mass is 10.3. The lowest BCUT2D eigenvalue weighted by Crippen LogP contribution is -2.30. The average molecular weight is 221 g/mol. The number of aromatic nitrogens is 2. The normalized spacial score (nSPS) is 11.6. The van der Waals surface area contributed by atoms with Gasteiger partial charge in [0.1, 0.15) is 0 Å². The molecular formula is C8H10F3N3O. The van der Waals surface area contributed by atoms with Gasteiger partial charge in [-0.1, -0.05) is 0 Å². The summed E-state index contributed by atoms with van der Waals surface area (Å²) in [5.41, 5.74) is 0.942. The van der Waals surface area contributed by atoms with Crippen molar-refractivity contribution >= 4 is 11.6 Å². The summed E-state index contributed by atoms with van der Waals surface area (Å²) in [5, 5.41) is 5.67. The molecule has 0 bridgehead atoms. The topological polar surface area (TPSA) is 46.9 Å². The van der Waals surface area contributed by atoms with E-state index in [0.717, 1.165) is 0 Å². The van der Waals surface area contributed by atoms with Gasteiger partial charge in [0.2, 0.25) is 0 Å². The summed E-state index contributed by atoms with van der Waals surface area (Å²) < 4.78 is 37.3. The van der Waals surface area contributed by atoms with Gasteiger partial charge < -0.3 is 5.32 Å². The Balaban J connectivity index is 2.95. The molecule has 0 atom stereocenters. The van der Waals surface area contributed by atoms with Crippen LogP contribution in [-0.2, 0) is 11.8 Å². The maximum Gasteiger partial charge on any atom is 0.471 e. The van der Waals surface area contributed by atoms with Gasteiger partial charge in [0, 0.05) is 7.05 Å². The Bertz CT molecular complexity index is 395. The Morgan fingerprint density at radius 3 is 2.27 bits per heavy atom. The number of nitrogens with zero attached hydrogens (tertiary/aromatic N) is 2. The lowest BCUT2D eigenvalue weighted by Gasteiger charge is -2.07. The van der Waals surface area contributed by atoms with Crippen LogP contribution in [0.4, 0.5) is 18.9 Å². The molecule has 1 heterocycles. The van der Waals surface area contributed by atoms with Gasteiger partial charge in [-0.3, -0.25) is 9.48 Å². The molecular weight excluding hydrogens is 211 g/mol. The van der Waals surface area contributed by atoms with E-state index in [2.05, 4.69) is 5.10 Å². The molecule has 0 fully saturated rings. The van der Waals surface area contributed by atoms with Crippen LogP contribution in [0.3, 0.4) is 0 Å². The smallest absolute Gasteiger partial charge is 0.315 e. The standard InChI is InChI=1S/C8H10F3N3O/c1-4-6(5(2)14(3)13-4)12-7(15)8(9,10)11/h1-3H3,(H,12,15). The summed E-state index contributed by atoms with van der Waals surface area (Å²) in [7, 11) is 1.59. The predicted molar refractivity (Wildman–Crippen MR) is 47.4 cm³/mol. The van der Waals surface area contributed by atoms with Crippen molar-refractivity contribution < 1.29 is 18.0 Å². The third-order valence-corrected chi connectivity index (χ3v) is 2.01. The maximum atomic E-state index is 12.0. The number of carbonyl (C=O) groups excluding carboxylic acids is 1. The largest absolute Gasteiger partial charge is 0.471 e. The summed E-state index contributed by atoms with van der Waals surface area (Å²) in [6.07, 6.45) is -4.88. The molecule has 1 aromatic rings. The fourth-order valence-corrected chi connectivity index (χ4v) is 1.14. The number of alkyl halides is 3. The van der Waals surface area contributed by atoms with Crippen LogP contribution < -0.4 is 5.32 Å². The monoisotopic (exact) mass is 221 g/mol. The number of hydrogen-bond donors (Lipinski definition) is 1. The van der Waals surface area contributed by atoms with Crippen LogP contribution in [0.5, 0.6) is 0 Å². The van der Waals surface area contributed by atoms with E-state index in [4.69, 9.17) is 0 Å². The van der Waals surface area contributed by atoms with Gasteiger partial charge in [-0.2, -0.15) is 18.3 Å². The number of rotatable bonds is 1. The van der Waals surface area contributed by atoms with Crippen molar-refractivity contribution in [2.75, 3.05) is 5.32 Å². The van der Waals surface area contributed by atoms with Crippen LogP contribution >= 0.6 is 0 Å². The van der Waals surface area contributed by atoms with Gasteiger partial charge in [-0.05, 0) is 13.8 Å². The Kier molecular flexibility index (Phi) is 2.74. The highest BCUT2D eigenvalue weighted by molar-refractivity contribution is 5.95. The average Bonchev–Trinajstić information content (AvgIpc) is 2.30. The summed E-state index contributed by atoms with van der Waals surface area (Å²) >= 11 is 0. The molecule has 0 saturated carbocycles. The quantitative estimate of drug-likeness (QED) is 0.781. The van der Waals surface area contributed by atoms with Crippen LogP contribution in [0.1, 0.15) is 11.4 Å². The van der Waals surface area contributed by atoms with Crippen molar-refractivity contribution in [3.8, 4) is 0 Å². The molecule has 0 aliphatic rings. The number of halogens is 3. The second-order valence-corrected chi connectivity index (χ2v) is 3.12. The van der Waals surface area contributed by atoms with E-state index in [0.29, 0.717) is 11.4 Å². The predicted octanol–water partition coefficient (Wildman–Crippen LogP) is 1.54. The highest BCUT2D eigenvalue weighted by Crippen LogP contribution is 2.22. The highest BCUT2D eigenvalue weighted by Gasteiger charge is 2.39. The first-order chi connectivity index (χ1) is 6.73. The van der Waals surface area contributed by atoms with Gasteiger partial charge in [-0.25, -0.2) is 0 Å². The van der Waals surface area contributed by atoms with E-state index < -0.39 is 12.1 Å². The molecule has 0 spiro atoms. The van der Waals surface area contributed by atoms with Crippen molar-refractivity contribution in [3.05, 3.63) is 11.4 Å². The van der Waals surface area contributed by atoms with Gasteiger partial charge in [0.05, 0.1) is 17.1 Å². The molecule has 4 nitrogen and oxygen atoms in total. The molecule has 15 heavy (non-hydrogen) atoms. The Hall–Kier alpha value is -1.53. The highest BCUT2D eigenvalue weighted by atomic mass is 19.4. The summed E-state index contributed by atoms with van der Waals surface area (Å²) in [4.78, 5) is 10.7. The summed E-state index contributed by atoms with van der Waals surface area (Å²) in [5.74, 6) is -1.98. The van der Waals surface area contributed by atoms with Gasteiger partial charge in [-0.15, -0.1) is 0 Å². The lowest BCUT2D eigenvalue weighted by molar-refractivity contribution is -0.167. The van der Waals surface area contributed by atoms with E-state index in [9.17, 15) is 18.0 Å². The molecule has 0 saturated heterocycles. The van der Waals surface area contributed by atoms with E-state index in [1.165, 1.54) is 11.6 Å². The van der Waals surface area contributed by atoms with Crippen molar-refractivity contribution in [1.82, 2.24) is 9.78 Å².